The molecule has 0 amide bonds. The normalized spacial score (nSPS) is 29.8. The molecule has 108 valence electrons. The van der Waals surface area contributed by atoms with Crippen LogP contribution in [0.1, 0.15) is 41.5 Å². The molecule has 1 aliphatic heterocycles. The van der Waals surface area contributed by atoms with E-state index in [0.717, 1.165) is 0 Å². The van der Waals surface area contributed by atoms with Crippen molar-refractivity contribution in [3.05, 3.63) is 0 Å². The minimum Gasteiger partial charge on any atom is -0.376 e. The van der Waals surface area contributed by atoms with Crippen LogP contribution in [0.5, 0.6) is 0 Å². The monoisotopic (exact) mass is 260 g/mol. The lowest BCUT2D eigenvalue weighted by Crippen LogP contribution is -2.43. The van der Waals surface area contributed by atoms with Gasteiger partial charge in [0.1, 0.15) is 18.3 Å². The van der Waals surface area contributed by atoms with Crippen molar-refractivity contribution in [2.75, 3.05) is 20.3 Å². The molecule has 1 rings (SSSR count). The van der Waals surface area contributed by atoms with Crippen LogP contribution in [0.15, 0.2) is 0 Å². The summed E-state index contributed by atoms with van der Waals surface area (Å²) in [6.45, 7) is 13.3. The van der Waals surface area contributed by atoms with Gasteiger partial charge in [-0.2, -0.15) is 0 Å². The standard InChI is InChI=1S/C14H28O4/c1-13(2,3)17-9-11-12(18-14(4,5)6)10(15-7)8-16-11/h10-12H,8-9H2,1-7H3/t10?,11-,12-/m1/s1. The minimum atomic E-state index is -0.213. The van der Waals surface area contributed by atoms with Crippen LogP contribution in [0.25, 0.3) is 0 Å². The van der Waals surface area contributed by atoms with E-state index in [1.165, 1.54) is 0 Å². The third kappa shape index (κ3) is 5.22. The van der Waals surface area contributed by atoms with E-state index < -0.39 is 0 Å². The van der Waals surface area contributed by atoms with Crippen molar-refractivity contribution in [1.82, 2.24) is 0 Å². The summed E-state index contributed by atoms with van der Waals surface area (Å²) in [7, 11) is 1.69. The predicted octanol–water partition coefficient (Wildman–Crippen LogP) is 2.40. The average Bonchev–Trinajstić information content (AvgIpc) is 2.54. The summed E-state index contributed by atoms with van der Waals surface area (Å²) < 4.78 is 23.0. The number of methoxy groups -OCH3 is 1. The zero-order valence-corrected chi connectivity index (χ0v) is 12.8. The van der Waals surface area contributed by atoms with Crippen LogP contribution in [-0.4, -0.2) is 49.8 Å². The van der Waals surface area contributed by atoms with Crippen molar-refractivity contribution in [3.8, 4) is 0 Å². The highest BCUT2D eigenvalue weighted by molar-refractivity contribution is 4.88. The molecule has 1 heterocycles. The Balaban J connectivity index is 2.60. The highest BCUT2D eigenvalue weighted by Crippen LogP contribution is 2.26. The molecule has 0 aromatic rings. The largest absolute Gasteiger partial charge is 0.376 e. The molecule has 0 bridgehead atoms. The number of rotatable bonds is 4. The first kappa shape index (κ1) is 15.9. The Labute approximate surface area is 111 Å². The second kappa shape index (κ2) is 5.87. The Morgan fingerprint density at radius 3 is 2.11 bits per heavy atom. The van der Waals surface area contributed by atoms with Crippen LogP contribution in [0.4, 0.5) is 0 Å². The molecule has 18 heavy (non-hydrogen) atoms. The summed E-state index contributed by atoms with van der Waals surface area (Å²) in [6.07, 6.45) is -0.149. The summed E-state index contributed by atoms with van der Waals surface area (Å²) in [6, 6.07) is 0. The molecule has 4 heteroatoms. The van der Waals surface area contributed by atoms with Crippen LogP contribution in [0.3, 0.4) is 0 Å². The van der Waals surface area contributed by atoms with E-state index in [1.807, 2.05) is 41.5 Å². The van der Waals surface area contributed by atoms with E-state index in [1.54, 1.807) is 7.11 Å². The quantitative estimate of drug-likeness (QED) is 0.778. The second-order valence-electron chi connectivity index (χ2n) is 6.76. The molecule has 1 fully saturated rings. The molecule has 3 atom stereocenters. The van der Waals surface area contributed by atoms with Gasteiger partial charge in [0.2, 0.25) is 0 Å². The summed E-state index contributed by atoms with van der Waals surface area (Å²) in [5, 5.41) is 0. The summed E-state index contributed by atoms with van der Waals surface area (Å²) in [4.78, 5) is 0. The molecular weight excluding hydrogens is 232 g/mol. The van der Waals surface area contributed by atoms with Gasteiger partial charge in [0.15, 0.2) is 0 Å². The lowest BCUT2D eigenvalue weighted by atomic mass is 10.1. The van der Waals surface area contributed by atoms with Crippen molar-refractivity contribution >= 4 is 0 Å². The zero-order chi connectivity index (χ0) is 14.0. The SMILES string of the molecule is COC1CO[C@H](COC(C)(C)C)[C@@H]1OC(C)(C)C. The summed E-state index contributed by atoms with van der Waals surface area (Å²) >= 11 is 0. The van der Waals surface area contributed by atoms with E-state index in [-0.39, 0.29) is 29.5 Å². The van der Waals surface area contributed by atoms with Gasteiger partial charge in [-0.1, -0.05) is 0 Å². The van der Waals surface area contributed by atoms with Gasteiger partial charge in [0, 0.05) is 7.11 Å². The number of hydrogen-bond donors (Lipinski definition) is 0. The molecule has 1 aliphatic rings. The van der Waals surface area contributed by atoms with Gasteiger partial charge < -0.3 is 18.9 Å². The maximum absolute atomic E-state index is 6.05. The summed E-state index contributed by atoms with van der Waals surface area (Å²) in [5.74, 6) is 0. The third-order valence-corrected chi connectivity index (χ3v) is 2.68. The molecule has 0 radical (unpaired) electrons. The van der Waals surface area contributed by atoms with Crippen molar-refractivity contribution in [2.24, 2.45) is 0 Å². The Kier molecular flexibility index (Phi) is 5.18. The van der Waals surface area contributed by atoms with E-state index in [2.05, 4.69) is 0 Å². The topological polar surface area (TPSA) is 36.9 Å². The molecule has 0 aromatic heterocycles. The first-order valence-corrected chi connectivity index (χ1v) is 6.58. The van der Waals surface area contributed by atoms with Crippen molar-refractivity contribution in [3.63, 3.8) is 0 Å². The fraction of sp³-hybridized carbons (Fsp3) is 1.00. The molecule has 0 spiro atoms. The predicted molar refractivity (Wildman–Crippen MR) is 70.9 cm³/mol. The Hall–Kier alpha value is -0.160. The Morgan fingerprint density at radius 1 is 1.06 bits per heavy atom. The molecule has 0 N–H and O–H groups in total. The second-order valence-corrected chi connectivity index (χ2v) is 6.76. The molecule has 0 saturated carbocycles. The molecular formula is C14H28O4. The Morgan fingerprint density at radius 2 is 1.67 bits per heavy atom. The van der Waals surface area contributed by atoms with E-state index >= 15 is 0 Å². The molecule has 1 unspecified atom stereocenters. The maximum atomic E-state index is 6.05. The first-order chi connectivity index (χ1) is 8.12. The Bertz CT molecular complexity index is 252. The number of hydrogen-bond acceptors (Lipinski definition) is 4. The first-order valence-electron chi connectivity index (χ1n) is 6.58. The van der Waals surface area contributed by atoms with Crippen LogP contribution in [0.2, 0.25) is 0 Å². The van der Waals surface area contributed by atoms with Crippen LogP contribution in [0, 0.1) is 0 Å². The highest BCUT2D eigenvalue weighted by Gasteiger charge is 2.41. The molecule has 4 nitrogen and oxygen atoms in total. The van der Waals surface area contributed by atoms with Crippen LogP contribution >= 0.6 is 0 Å². The van der Waals surface area contributed by atoms with Crippen LogP contribution in [-0.2, 0) is 18.9 Å². The van der Waals surface area contributed by atoms with E-state index in [4.69, 9.17) is 18.9 Å². The van der Waals surface area contributed by atoms with Gasteiger partial charge >= 0.3 is 0 Å². The van der Waals surface area contributed by atoms with Gasteiger partial charge in [-0.15, -0.1) is 0 Å². The molecule has 0 aromatic carbocycles. The minimum absolute atomic E-state index is 0.0159. The lowest BCUT2D eigenvalue weighted by Gasteiger charge is -2.31. The third-order valence-electron chi connectivity index (χ3n) is 2.68. The smallest absolute Gasteiger partial charge is 0.115 e. The van der Waals surface area contributed by atoms with Gasteiger partial charge in [-0.25, -0.2) is 0 Å². The van der Waals surface area contributed by atoms with Gasteiger partial charge in [0.25, 0.3) is 0 Å². The lowest BCUT2D eigenvalue weighted by molar-refractivity contribution is -0.140. The number of ether oxygens (including phenoxy) is 4. The van der Waals surface area contributed by atoms with Crippen molar-refractivity contribution in [2.45, 2.75) is 71.1 Å². The van der Waals surface area contributed by atoms with Crippen molar-refractivity contribution < 1.29 is 18.9 Å². The molecule has 1 saturated heterocycles. The average molecular weight is 260 g/mol. The maximum Gasteiger partial charge on any atom is 0.115 e. The fourth-order valence-electron chi connectivity index (χ4n) is 1.88. The van der Waals surface area contributed by atoms with E-state index in [0.29, 0.717) is 13.2 Å². The van der Waals surface area contributed by atoms with Crippen LogP contribution < -0.4 is 0 Å². The molecule has 0 aliphatic carbocycles. The van der Waals surface area contributed by atoms with Crippen molar-refractivity contribution in [1.29, 1.82) is 0 Å². The fourth-order valence-corrected chi connectivity index (χ4v) is 1.88. The van der Waals surface area contributed by atoms with Gasteiger partial charge in [-0.3, -0.25) is 0 Å². The highest BCUT2D eigenvalue weighted by atomic mass is 16.6. The summed E-state index contributed by atoms with van der Waals surface area (Å²) in [5.41, 5.74) is -0.379. The zero-order valence-electron chi connectivity index (χ0n) is 12.8. The van der Waals surface area contributed by atoms with Gasteiger partial charge in [0.05, 0.1) is 24.4 Å². The van der Waals surface area contributed by atoms with E-state index in [9.17, 15) is 0 Å². The van der Waals surface area contributed by atoms with Gasteiger partial charge in [-0.05, 0) is 41.5 Å².